The van der Waals surface area contributed by atoms with Crippen LogP contribution >= 0.6 is 15.9 Å². The Bertz CT molecular complexity index is 1250. The van der Waals surface area contributed by atoms with E-state index >= 15 is 0 Å². The Balaban J connectivity index is 1.69. The number of nitrogens with zero attached hydrogens (tertiary/aromatic N) is 1. The number of methoxy groups -OCH3 is 1. The van der Waals surface area contributed by atoms with Crippen LogP contribution in [0.3, 0.4) is 0 Å². The zero-order chi connectivity index (χ0) is 23.8. The molecule has 0 aliphatic rings. The number of anilines is 1. The molecule has 3 rings (SSSR count). The van der Waals surface area contributed by atoms with Crippen molar-refractivity contribution in [3.63, 3.8) is 0 Å². The van der Waals surface area contributed by atoms with Gasteiger partial charge in [0.15, 0.2) is 0 Å². The zero-order valence-electron chi connectivity index (χ0n) is 17.5. The van der Waals surface area contributed by atoms with E-state index in [9.17, 15) is 19.2 Å². The van der Waals surface area contributed by atoms with E-state index < -0.39 is 11.9 Å². The Labute approximate surface area is 198 Å². The molecule has 0 heterocycles. The number of esters is 1. The molecule has 0 aliphatic heterocycles. The molecule has 0 bridgehead atoms. The van der Waals surface area contributed by atoms with Gasteiger partial charge in [-0.2, -0.15) is 5.26 Å². The van der Waals surface area contributed by atoms with Crippen LogP contribution in [0.5, 0.6) is 5.75 Å². The third-order valence-electron chi connectivity index (χ3n) is 4.54. The Hall–Kier alpha value is -3.96. The first-order chi connectivity index (χ1) is 15.9. The molecular formula is C25H18BrFN2O4. The molecule has 6 nitrogen and oxygen atoms in total. The summed E-state index contributed by atoms with van der Waals surface area (Å²) in [5, 5.41) is 12.0. The molecule has 33 heavy (non-hydrogen) atoms. The van der Waals surface area contributed by atoms with Gasteiger partial charge in [0.1, 0.15) is 29.8 Å². The number of ether oxygens (including phenoxy) is 2. The molecule has 3 aromatic carbocycles. The van der Waals surface area contributed by atoms with E-state index in [1.807, 2.05) is 6.07 Å². The number of rotatable bonds is 7. The highest BCUT2D eigenvalue weighted by atomic mass is 79.9. The van der Waals surface area contributed by atoms with E-state index in [0.29, 0.717) is 32.6 Å². The Morgan fingerprint density at radius 2 is 1.85 bits per heavy atom. The summed E-state index contributed by atoms with van der Waals surface area (Å²) in [5.41, 5.74) is 1.67. The quantitative estimate of drug-likeness (QED) is 0.258. The fourth-order valence-corrected chi connectivity index (χ4v) is 3.33. The van der Waals surface area contributed by atoms with Crippen LogP contribution in [0.25, 0.3) is 6.08 Å². The first kappa shape index (κ1) is 23.7. The minimum Gasteiger partial charge on any atom is -0.488 e. The average molecular weight is 509 g/mol. The lowest BCUT2D eigenvalue weighted by Crippen LogP contribution is -2.13. The van der Waals surface area contributed by atoms with Crippen LogP contribution in [0.15, 0.2) is 76.8 Å². The van der Waals surface area contributed by atoms with E-state index in [1.54, 1.807) is 36.4 Å². The summed E-state index contributed by atoms with van der Waals surface area (Å²) in [6.07, 6.45) is 1.43. The van der Waals surface area contributed by atoms with Crippen molar-refractivity contribution in [3.05, 3.63) is 99.3 Å². The minimum atomic E-state index is -0.598. The maximum absolute atomic E-state index is 13.8. The molecule has 0 radical (unpaired) electrons. The van der Waals surface area contributed by atoms with E-state index in [0.717, 1.165) is 0 Å². The first-order valence-electron chi connectivity index (χ1n) is 9.68. The topological polar surface area (TPSA) is 88.4 Å². The van der Waals surface area contributed by atoms with Crippen molar-refractivity contribution >= 4 is 39.6 Å². The van der Waals surface area contributed by atoms with Crippen LogP contribution in [0, 0.1) is 17.1 Å². The van der Waals surface area contributed by atoms with Gasteiger partial charge in [0.25, 0.3) is 5.91 Å². The Kier molecular flexibility index (Phi) is 7.95. The van der Waals surface area contributed by atoms with Gasteiger partial charge >= 0.3 is 5.97 Å². The lowest BCUT2D eigenvalue weighted by atomic mass is 10.1. The summed E-state index contributed by atoms with van der Waals surface area (Å²) in [7, 11) is 1.28. The van der Waals surface area contributed by atoms with Crippen LogP contribution in [-0.2, 0) is 16.1 Å². The predicted octanol–water partition coefficient (Wildman–Crippen LogP) is 5.50. The standard InChI is InChI=1S/C25H18BrFN2O4/c1-32-25(31)17-7-9-20(10-8-17)29-24(30)19(14-28)12-16-6-11-23(21(26)13-16)33-15-18-4-2-3-5-22(18)27/h2-13H,15H2,1H3,(H,29,30)/b19-12+. The molecular weight excluding hydrogens is 491 g/mol. The second-order valence-electron chi connectivity index (χ2n) is 6.76. The van der Waals surface area contributed by atoms with Crippen LogP contribution in [0.1, 0.15) is 21.5 Å². The number of hydrogen-bond acceptors (Lipinski definition) is 5. The number of carbonyl (C=O) groups is 2. The van der Waals surface area contributed by atoms with Crippen LogP contribution < -0.4 is 10.1 Å². The summed E-state index contributed by atoms with van der Waals surface area (Å²) in [6, 6.07) is 19.3. The third kappa shape index (κ3) is 6.28. The predicted molar refractivity (Wildman–Crippen MR) is 125 cm³/mol. The van der Waals surface area contributed by atoms with Gasteiger partial charge in [-0.1, -0.05) is 24.3 Å². The molecule has 1 amide bonds. The number of benzene rings is 3. The third-order valence-corrected chi connectivity index (χ3v) is 5.16. The normalized spacial score (nSPS) is 10.8. The molecule has 0 spiro atoms. The number of nitriles is 1. The smallest absolute Gasteiger partial charge is 0.337 e. The lowest BCUT2D eigenvalue weighted by Gasteiger charge is -2.10. The van der Waals surface area contributed by atoms with Gasteiger partial charge in [-0.05, 0) is 70.0 Å². The van der Waals surface area contributed by atoms with E-state index in [-0.39, 0.29) is 18.0 Å². The largest absolute Gasteiger partial charge is 0.488 e. The fourth-order valence-electron chi connectivity index (χ4n) is 2.82. The van der Waals surface area contributed by atoms with Crippen LogP contribution in [-0.4, -0.2) is 19.0 Å². The van der Waals surface area contributed by atoms with Crippen molar-refractivity contribution in [3.8, 4) is 11.8 Å². The van der Waals surface area contributed by atoms with Crippen molar-refractivity contribution < 1.29 is 23.5 Å². The van der Waals surface area contributed by atoms with Crippen LogP contribution in [0.2, 0.25) is 0 Å². The number of hydrogen-bond donors (Lipinski definition) is 1. The van der Waals surface area contributed by atoms with Crippen molar-refractivity contribution in [2.45, 2.75) is 6.61 Å². The van der Waals surface area contributed by atoms with Crippen molar-refractivity contribution in [1.82, 2.24) is 0 Å². The summed E-state index contributed by atoms with van der Waals surface area (Å²) in [6.45, 7) is 0.0566. The molecule has 0 fully saturated rings. The molecule has 0 aromatic heterocycles. The van der Waals surface area contributed by atoms with E-state index in [1.165, 1.54) is 43.5 Å². The second kappa shape index (κ2) is 11.1. The zero-order valence-corrected chi connectivity index (χ0v) is 19.1. The molecule has 0 atom stereocenters. The highest BCUT2D eigenvalue weighted by Crippen LogP contribution is 2.28. The number of halogens is 2. The van der Waals surface area contributed by atoms with E-state index in [4.69, 9.17) is 4.74 Å². The first-order valence-corrected chi connectivity index (χ1v) is 10.5. The molecule has 0 aliphatic carbocycles. The highest BCUT2D eigenvalue weighted by molar-refractivity contribution is 9.10. The van der Waals surface area contributed by atoms with Gasteiger partial charge < -0.3 is 14.8 Å². The molecule has 0 saturated heterocycles. The second-order valence-corrected chi connectivity index (χ2v) is 7.62. The van der Waals surface area contributed by atoms with Gasteiger partial charge in [-0.25, -0.2) is 9.18 Å². The van der Waals surface area contributed by atoms with Gasteiger partial charge in [0.05, 0.1) is 17.1 Å². The minimum absolute atomic E-state index is 0.0566. The molecule has 0 saturated carbocycles. The van der Waals surface area contributed by atoms with Gasteiger partial charge in [0, 0.05) is 11.3 Å². The number of carbonyl (C=O) groups excluding carboxylic acids is 2. The Morgan fingerprint density at radius 3 is 2.48 bits per heavy atom. The summed E-state index contributed by atoms with van der Waals surface area (Å²) in [4.78, 5) is 24.0. The maximum Gasteiger partial charge on any atom is 0.337 e. The SMILES string of the molecule is COC(=O)c1ccc(NC(=O)/C(C#N)=C/c2ccc(OCc3ccccc3F)c(Br)c2)cc1. The molecule has 0 unspecified atom stereocenters. The van der Waals surface area contributed by atoms with Crippen molar-refractivity contribution in [1.29, 1.82) is 5.26 Å². The van der Waals surface area contributed by atoms with E-state index in [2.05, 4.69) is 26.0 Å². The summed E-state index contributed by atoms with van der Waals surface area (Å²) >= 11 is 3.40. The Morgan fingerprint density at radius 1 is 1.12 bits per heavy atom. The fraction of sp³-hybridized carbons (Fsp3) is 0.0800. The van der Waals surface area contributed by atoms with Gasteiger partial charge in [0.2, 0.25) is 0 Å². The maximum atomic E-state index is 13.8. The average Bonchev–Trinajstić information content (AvgIpc) is 2.82. The molecule has 166 valence electrons. The van der Waals surface area contributed by atoms with Crippen molar-refractivity contribution in [2.24, 2.45) is 0 Å². The lowest BCUT2D eigenvalue weighted by molar-refractivity contribution is -0.112. The monoisotopic (exact) mass is 508 g/mol. The van der Waals surface area contributed by atoms with Crippen molar-refractivity contribution in [2.75, 3.05) is 12.4 Å². The molecule has 3 aromatic rings. The summed E-state index contributed by atoms with van der Waals surface area (Å²) < 4.78 is 24.6. The number of nitrogens with one attached hydrogen (secondary N) is 1. The van der Waals surface area contributed by atoms with Crippen LogP contribution in [0.4, 0.5) is 10.1 Å². The van der Waals surface area contributed by atoms with Gasteiger partial charge in [-0.3, -0.25) is 4.79 Å². The molecule has 8 heteroatoms. The summed E-state index contributed by atoms with van der Waals surface area (Å²) in [5.74, 6) is -0.946. The highest BCUT2D eigenvalue weighted by Gasteiger charge is 2.12. The number of amides is 1. The molecule has 1 N–H and O–H groups in total. The van der Waals surface area contributed by atoms with Gasteiger partial charge in [-0.15, -0.1) is 0 Å².